The number of rotatable bonds is 5. The summed E-state index contributed by atoms with van der Waals surface area (Å²) in [6.07, 6.45) is 1.46. The van der Waals surface area contributed by atoms with Crippen LogP contribution in [0, 0.1) is 0 Å². The molecule has 1 aliphatic rings. The highest BCUT2D eigenvalue weighted by Crippen LogP contribution is 2.33. The van der Waals surface area contributed by atoms with Crippen LogP contribution in [0.1, 0.15) is 41.6 Å². The smallest absolute Gasteiger partial charge is 0.320 e. The first-order chi connectivity index (χ1) is 16.2. The summed E-state index contributed by atoms with van der Waals surface area (Å²) in [6, 6.07) is 8.22. The van der Waals surface area contributed by atoms with Gasteiger partial charge in [0.05, 0.1) is 21.8 Å². The van der Waals surface area contributed by atoms with Gasteiger partial charge in [0.25, 0.3) is 5.91 Å². The number of anilines is 1. The van der Waals surface area contributed by atoms with Gasteiger partial charge in [0.1, 0.15) is 12.7 Å². The van der Waals surface area contributed by atoms with Crippen molar-refractivity contribution in [3.8, 4) is 5.69 Å². The summed E-state index contributed by atoms with van der Waals surface area (Å²) in [5.74, 6) is -0.695. The highest BCUT2D eigenvalue weighted by atomic mass is 32.2. The van der Waals surface area contributed by atoms with Crippen molar-refractivity contribution in [2.45, 2.75) is 36.8 Å². The number of hydrogen-bond donors (Lipinski definition) is 1. The molecule has 0 atom stereocenters. The van der Waals surface area contributed by atoms with Gasteiger partial charge in [-0.2, -0.15) is 22.6 Å². The molecular weight excluding hydrogens is 471 g/mol. The Morgan fingerprint density at radius 2 is 1.65 bits per heavy atom. The number of carbonyl (C=O) groups is 1. The van der Waals surface area contributed by atoms with E-state index in [9.17, 15) is 26.4 Å². The molecule has 12 heteroatoms. The van der Waals surface area contributed by atoms with Crippen molar-refractivity contribution < 1.29 is 26.4 Å². The number of carbonyl (C=O) groups excluding carboxylic acids is 1. The molecule has 1 amide bonds. The van der Waals surface area contributed by atoms with Crippen LogP contribution in [0.15, 0.2) is 60.0 Å². The van der Waals surface area contributed by atoms with E-state index in [1.807, 2.05) is 0 Å². The number of sulfonamides is 1. The van der Waals surface area contributed by atoms with Crippen molar-refractivity contribution in [3.05, 3.63) is 66.2 Å². The minimum Gasteiger partial charge on any atom is -0.320 e. The SMILES string of the molecule is O=C(Nc1cc(C(F)(F)F)ccc1-n1cncn1)c1ccc(S(=O)(=O)N2CCCCCC2)cc1. The zero-order valence-corrected chi connectivity index (χ0v) is 18.8. The van der Waals surface area contributed by atoms with E-state index in [4.69, 9.17) is 0 Å². The fraction of sp³-hybridized carbons (Fsp3) is 0.318. The van der Waals surface area contributed by atoms with Crippen LogP contribution in [0.4, 0.5) is 18.9 Å². The maximum absolute atomic E-state index is 13.2. The van der Waals surface area contributed by atoms with Crippen LogP contribution in [-0.4, -0.2) is 46.5 Å². The fourth-order valence-corrected chi connectivity index (χ4v) is 5.27. The molecule has 0 spiro atoms. The van der Waals surface area contributed by atoms with Crippen molar-refractivity contribution in [1.29, 1.82) is 0 Å². The summed E-state index contributed by atoms with van der Waals surface area (Å²) in [4.78, 5) is 16.7. The van der Waals surface area contributed by atoms with E-state index < -0.39 is 27.7 Å². The Morgan fingerprint density at radius 3 is 2.24 bits per heavy atom. The lowest BCUT2D eigenvalue weighted by atomic mass is 10.1. The summed E-state index contributed by atoms with van der Waals surface area (Å²) in [6.45, 7) is 0.899. The van der Waals surface area contributed by atoms with Gasteiger partial charge in [-0.25, -0.2) is 18.1 Å². The lowest BCUT2D eigenvalue weighted by Crippen LogP contribution is -2.31. The third-order valence-electron chi connectivity index (χ3n) is 5.56. The van der Waals surface area contributed by atoms with Gasteiger partial charge in [-0.05, 0) is 55.3 Å². The zero-order chi connectivity index (χ0) is 24.3. The molecule has 1 saturated heterocycles. The van der Waals surface area contributed by atoms with Gasteiger partial charge < -0.3 is 5.32 Å². The molecule has 2 aromatic carbocycles. The third-order valence-corrected chi connectivity index (χ3v) is 7.47. The van der Waals surface area contributed by atoms with Crippen molar-refractivity contribution in [2.24, 2.45) is 0 Å². The number of hydrogen-bond acceptors (Lipinski definition) is 5. The first kappa shape index (κ1) is 23.9. The third kappa shape index (κ3) is 5.12. The zero-order valence-electron chi connectivity index (χ0n) is 18.0. The lowest BCUT2D eigenvalue weighted by Gasteiger charge is -2.20. The van der Waals surface area contributed by atoms with E-state index in [0.717, 1.165) is 37.8 Å². The van der Waals surface area contributed by atoms with Crippen molar-refractivity contribution >= 4 is 21.6 Å². The fourth-order valence-electron chi connectivity index (χ4n) is 3.75. The molecule has 8 nitrogen and oxygen atoms in total. The summed E-state index contributed by atoms with van der Waals surface area (Å²) in [5, 5.41) is 6.38. The number of aromatic nitrogens is 3. The molecule has 1 fully saturated rings. The van der Waals surface area contributed by atoms with E-state index in [-0.39, 0.29) is 21.8 Å². The summed E-state index contributed by atoms with van der Waals surface area (Å²) < 4.78 is 68.2. The van der Waals surface area contributed by atoms with Crippen LogP contribution >= 0.6 is 0 Å². The van der Waals surface area contributed by atoms with E-state index in [0.29, 0.717) is 13.1 Å². The summed E-state index contributed by atoms with van der Waals surface area (Å²) in [5.41, 5.74) is -0.770. The Labute approximate surface area is 194 Å². The van der Waals surface area contributed by atoms with Crippen LogP contribution in [0.3, 0.4) is 0 Å². The molecular formula is C22H22F3N5O3S. The second-order valence-corrected chi connectivity index (χ2v) is 9.80. The Kier molecular flexibility index (Phi) is 6.71. The number of alkyl halides is 3. The Balaban J connectivity index is 1.58. The Morgan fingerprint density at radius 1 is 0.971 bits per heavy atom. The molecule has 0 saturated carbocycles. The predicted octanol–water partition coefficient (Wildman–Crippen LogP) is 4.10. The lowest BCUT2D eigenvalue weighted by molar-refractivity contribution is -0.137. The van der Waals surface area contributed by atoms with Crippen LogP contribution in [-0.2, 0) is 16.2 Å². The maximum Gasteiger partial charge on any atom is 0.416 e. The average Bonchev–Trinajstić information content (AvgIpc) is 3.19. The molecule has 0 radical (unpaired) electrons. The maximum atomic E-state index is 13.2. The van der Waals surface area contributed by atoms with Gasteiger partial charge in [-0.1, -0.05) is 12.8 Å². The molecule has 0 unspecified atom stereocenters. The van der Waals surface area contributed by atoms with Crippen LogP contribution in [0.2, 0.25) is 0 Å². The van der Waals surface area contributed by atoms with Crippen molar-refractivity contribution in [3.63, 3.8) is 0 Å². The topological polar surface area (TPSA) is 97.2 Å². The standard InChI is InChI=1S/C22H22F3N5O3S/c23-22(24,25)17-7-10-20(30-15-26-14-27-30)19(13-17)28-21(31)16-5-8-18(9-6-16)34(32,33)29-11-3-1-2-4-12-29/h5-10,13-15H,1-4,11-12H2,(H,28,31). The highest BCUT2D eigenvalue weighted by Gasteiger charge is 2.31. The number of benzene rings is 2. The summed E-state index contributed by atoms with van der Waals surface area (Å²) >= 11 is 0. The molecule has 1 aliphatic heterocycles. The molecule has 0 aliphatic carbocycles. The minimum atomic E-state index is -4.61. The van der Waals surface area contributed by atoms with Crippen LogP contribution < -0.4 is 5.32 Å². The molecule has 1 N–H and O–H groups in total. The average molecular weight is 494 g/mol. The van der Waals surface area contributed by atoms with Gasteiger partial charge >= 0.3 is 6.18 Å². The van der Waals surface area contributed by atoms with Crippen molar-refractivity contribution in [1.82, 2.24) is 19.1 Å². The van der Waals surface area contributed by atoms with Gasteiger partial charge in [0, 0.05) is 18.7 Å². The van der Waals surface area contributed by atoms with Gasteiger partial charge in [0.2, 0.25) is 10.0 Å². The molecule has 2 heterocycles. The van der Waals surface area contributed by atoms with Crippen molar-refractivity contribution in [2.75, 3.05) is 18.4 Å². The molecule has 34 heavy (non-hydrogen) atoms. The number of halogens is 3. The molecule has 4 rings (SSSR count). The van der Waals surface area contributed by atoms with Gasteiger partial charge in [-0.15, -0.1) is 0 Å². The van der Waals surface area contributed by atoms with E-state index in [1.54, 1.807) is 0 Å². The number of amides is 1. The molecule has 3 aromatic rings. The number of nitrogens with one attached hydrogen (secondary N) is 1. The van der Waals surface area contributed by atoms with Gasteiger partial charge in [0.15, 0.2) is 0 Å². The highest BCUT2D eigenvalue weighted by molar-refractivity contribution is 7.89. The molecule has 1 aromatic heterocycles. The minimum absolute atomic E-state index is 0.0633. The monoisotopic (exact) mass is 493 g/mol. The van der Waals surface area contributed by atoms with E-state index in [2.05, 4.69) is 15.4 Å². The largest absolute Gasteiger partial charge is 0.416 e. The van der Waals surface area contributed by atoms with Gasteiger partial charge in [-0.3, -0.25) is 4.79 Å². The Hall–Kier alpha value is -3.25. The molecule has 0 bridgehead atoms. The second-order valence-electron chi connectivity index (χ2n) is 7.87. The molecule has 180 valence electrons. The van der Waals surface area contributed by atoms with E-state index in [1.165, 1.54) is 52.0 Å². The number of nitrogens with zero attached hydrogens (tertiary/aromatic N) is 4. The van der Waals surface area contributed by atoms with Crippen LogP contribution in [0.5, 0.6) is 0 Å². The second kappa shape index (κ2) is 9.55. The van der Waals surface area contributed by atoms with E-state index >= 15 is 0 Å². The predicted molar refractivity (Wildman–Crippen MR) is 118 cm³/mol. The Bertz CT molecular complexity index is 1250. The quantitative estimate of drug-likeness (QED) is 0.577. The summed E-state index contributed by atoms with van der Waals surface area (Å²) in [7, 11) is -3.69. The normalized spacial score (nSPS) is 15.6. The van der Waals surface area contributed by atoms with Crippen LogP contribution in [0.25, 0.3) is 5.69 Å². The first-order valence-corrected chi connectivity index (χ1v) is 12.1. The first-order valence-electron chi connectivity index (χ1n) is 10.6.